The van der Waals surface area contributed by atoms with E-state index in [1.165, 1.54) is 16.7 Å². The minimum absolute atomic E-state index is 0.125. The van der Waals surface area contributed by atoms with E-state index in [0.717, 1.165) is 13.1 Å². The lowest BCUT2D eigenvalue weighted by atomic mass is 10.0. The molecule has 0 aromatic heterocycles. The second kappa shape index (κ2) is 6.68. The van der Waals surface area contributed by atoms with E-state index in [4.69, 9.17) is 15.2 Å². The van der Waals surface area contributed by atoms with Crippen LogP contribution in [0.25, 0.3) is 0 Å². The number of hydrogen-bond donors (Lipinski definition) is 1. The first-order chi connectivity index (χ1) is 9.58. The van der Waals surface area contributed by atoms with E-state index in [1.54, 1.807) is 14.2 Å². The lowest BCUT2D eigenvalue weighted by molar-refractivity contribution is -0.00461. The molecule has 1 heterocycles. The van der Waals surface area contributed by atoms with Crippen molar-refractivity contribution < 1.29 is 9.47 Å². The molecule has 1 aliphatic rings. The molecule has 0 aliphatic carbocycles. The van der Waals surface area contributed by atoms with Crippen molar-refractivity contribution in [3.05, 3.63) is 34.9 Å². The third-order valence-electron chi connectivity index (χ3n) is 4.14. The summed E-state index contributed by atoms with van der Waals surface area (Å²) >= 11 is 0. The monoisotopic (exact) mass is 278 g/mol. The van der Waals surface area contributed by atoms with Crippen molar-refractivity contribution in [3.8, 4) is 0 Å². The highest BCUT2D eigenvalue weighted by atomic mass is 16.5. The fourth-order valence-electron chi connectivity index (χ4n) is 3.18. The zero-order chi connectivity index (χ0) is 14.7. The molecule has 2 rings (SSSR count). The number of aryl methyl sites for hydroxylation is 2. The highest BCUT2D eigenvalue weighted by molar-refractivity contribution is 5.31. The topological polar surface area (TPSA) is 47.7 Å². The lowest BCUT2D eigenvalue weighted by Gasteiger charge is -2.27. The van der Waals surface area contributed by atoms with Gasteiger partial charge in [0.25, 0.3) is 0 Å². The summed E-state index contributed by atoms with van der Waals surface area (Å²) in [5.74, 6) is 0. The van der Waals surface area contributed by atoms with Crippen molar-refractivity contribution >= 4 is 0 Å². The largest absolute Gasteiger partial charge is 0.377 e. The van der Waals surface area contributed by atoms with Crippen molar-refractivity contribution in [1.29, 1.82) is 0 Å². The van der Waals surface area contributed by atoms with Crippen LogP contribution >= 0.6 is 0 Å². The van der Waals surface area contributed by atoms with Crippen LogP contribution in [-0.4, -0.2) is 51.0 Å². The number of ether oxygens (including phenoxy) is 2. The van der Waals surface area contributed by atoms with E-state index in [9.17, 15) is 0 Å². The van der Waals surface area contributed by atoms with Crippen LogP contribution in [0.3, 0.4) is 0 Å². The normalized spacial score (nSPS) is 25.1. The van der Waals surface area contributed by atoms with Crippen molar-refractivity contribution in [1.82, 2.24) is 4.90 Å². The maximum Gasteiger partial charge on any atom is 0.0972 e. The number of nitrogens with two attached hydrogens (primary N) is 1. The van der Waals surface area contributed by atoms with Crippen LogP contribution < -0.4 is 5.73 Å². The van der Waals surface area contributed by atoms with Gasteiger partial charge >= 0.3 is 0 Å². The molecule has 3 unspecified atom stereocenters. The van der Waals surface area contributed by atoms with Gasteiger partial charge in [-0.15, -0.1) is 0 Å². The SMILES string of the molecule is COC1CN(C(CN)c2cc(C)cc(C)c2)CC1OC. The van der Waals surface area contributed by atoms with Crippen molar-refractivity contribution in [2.45, 2.75) is 32.1 Å². The first-order valence-corrected chi connectivity index (χ1v) is 7.17. The molecule has 1 aliphatic heterocycles. The van der Waals surface area contributed by atoms with Crippen LogP contribution in [0, 0.1) is 13.8 Å². The van der Waals surface area contributed by atoms with E-state index in [0.29, 0.717) is 6.54 Å². The number of methoxy groups -OCH3 is 2. The Kier molecular flexibility index (Phi) is 5.16. The van der Waals surface area contributed by atoms with E-state index < -0.39 is 0 Å². The minimum Gasteiger partial charge on any atom is -0.377 e. The van der Waals surface area contributed by atoms with Gasteiger partial charge in [-0.2, -0.15) is 0 Å². The maximum atomic E-state index is 6.04. The molecule has 1 aromatic carbocycles. The van der Waals surface area contributed by atoms with Crippen LogP contribution in [-0.2, 0) is 9.47 Å². The van der Waals surface area contributed by atoms with Crippen LogP contribution in [0.15, 0.2) is 18.2 Å². The summed E-state index contributed by atoms with van der Waals surface area (Å²) in [6.45, 7) is 6.59. The summed E-state index contributed by atoms with van der Waals surface area (Å²) in [5.41, 5.74) is 9.89. The highest BCUT2D eigenvalue weighted by Gasteiger charge is 2.36. The molecule has 3 atom stereocenters. The average Bonchev–Trinajstić information content (AvgIpc) is 2.81. The van der Waals surface area contributed by atoms with Gasteiger partial charge in [0, 0.05) is 39.9 Å². The van der Waals surface area contributed by atoms with Crippen molar-refractivity contribution in [3.63, 3.8) is 0 Å². The van der Waals surface area contributed by atoms with Crippen LogP contribution in [0.5, 0.6) is 0 Å². The molecule has 2 N–H and O–H groups in total. The zero-order valence-corrected chi connectivity index (χ0v) is 12.9. The minimum atomic E-state index is 0.125. The number of rotatable bonds is 5. The van der Waals surface area contributed by atoms with Gasteiger partial charge in [-0.25, -0.2) is 0 Å². The van der Waals surface area contributed by atoms with Crippen LogP contribution in [0.4, 0.5) is 0 Å². The van der Waals surface area contributed by atoms with Gasteiger partial charge in [0.1, 0.15) is 0 Å². The maximum absolute atomic E-state index is 6.04. The summed E-state index contributed by atoms with van der Waals surface area (Å²) in [6.07, 6.45) is 0.250. The Morgan fingerprint density at radius 2 is 1.60 bits per heavy atom. The fourth-order valence-corrected chi connectivity index (χ4v) is 3.18. The predicted molar refractivity (Wildman–Crippen MR) is 80.9 cm³/mol. The Morgan fingerprint density at radius 1 is 1.10 bits per heavy atom. The third kappa shape index (κ3) is 3.20. The van der Waals surface area contributed by atoms with Gasteiger partial charge in [-0.1, -0.05) is 29.3 Å². The standard InChI is InChI=1S/C16H26N2O2/c1-11-5-12(2)7-13(6-11)14(8-17)18-9-15(19-3)16(10-18)20-4/h5-7,14-16H,8-10,17H2,1-4H3. The van der Waals surface area contributed by atoms with Crippen molar-refractivity contribution in [2.24, 2.45) is 5.73 Å². The first kappa shape index (κ1) is 15.4. The summed E-state index contributed by atoms with van der Waals surface area (Å²) < 4.78 is 11.0. The molecule has 1 aromatic rings. The van der Waals surface area contributed by atoms with Gasteiger partial charge < -0.3 is 15.2 Å². The molecule has 1 saturated heterocycles. The molecule has 20 heavy (non-hydrogen) atoms. The average molecular weight is 278 g/mol. The van der Waals surface area contributed by atoms with Gasteiger partial charge in [-0.3, -0.25) is 4.90 Å². The molecule has 0 amide bonds. The zero-order valence-electron chi connectivity index (χ0n) is 12.9. The van der Waals surface area contributed by atoms with Crippen LogP contribution in [0.2, 0.25) is 0 Å². The molecule has 0 radical (unpaired) electrons. The third-order valence-corrected chi connectivity index (χ3v) is 4.14. The van der Waals surface area contributed by atoms with Gasteiger partial charge in [0.2, 0.25) is 0 Å². The summed E-state index contributed by atoms with van der Waals surface area (Å²) in [4.78, 5) is 2.37. The molecular formula is C16H26N2O2. The lowest BCUT2D eigenvalue weighted by Crippen LogP contribution is -2.33. The van der Waals surface area contributed by atoms with Gasteiger partial charge in [0.15, 0.2) is 0 Å². The molecule has 0 saturated carbocycles. The van der Waals surface area contributed by atoms with E-state index in [2.05, 4.69) is 36.9 Å². The second-order valence-corrected chi connectivity index (χ2v) is 5.67. The Morgan fingerprint density at radius 3 is 2.00 bits per heavy atom. The summed E-state index contributed by atoms with van der Waals surface area (Å²) in [6, 6.07) is 6.88. The Labute approximate surface area is 121 Å². The van der Waals surface area contributed by atoms with E-state index in [1.807, 2.05) is 0 Å². The summed E-state index contributed by atoms with van der Waals surface area (Å²) in [5, 5.41) is 0. The molecule has 1 fully saturated rings. The number of hydrogen-bond acceptors (Lipinski definition) is 4. The van der Waals surface area contributed by atoms with E-state index >= 15 is 0 Å². The Hall–Kier alpha value is -0.940. The fraction of sp³-hybridized carbons (Fsp3) is 0.625. The van der Waals surface area contributed by atoms with Gasteiger partial charge in [0.05, 0.1) is 12.2 Å². The molecule has 0 spiro atoms. The van der Waals surface area contributed by atoms with Gasteiger partial charge in [-0.05, 0) is 19.4 Å². The smallest absolute Gasteiger partial charge is 0.0972 e. The van der Waals surface area contributed by atoms with Crippen LogP contribution in [0.1, 0.15) is 22.7 Å². The van der Waals surface area contributed by atoms with E-state index in [-0.39, 0.29) is 18.2 Å². The first-order valence-electron chi connectivity index (χ1n) is 7.17. The second-order valence-electron chi connectivity index (χ2n) is 5.67. The highest BCUT2D eigenvalue weighted by Crippen LogP contribution is 2.27. The summed E-state index contributed by atoms with van der Waals surface area (Å²) in [7, 11) is 3.49. The number of likely N-dealkylation sites (tertiary alicyclic amines) is 1. The number of nitrogens with zero attached hydrogens (tertiary/aromatic N) is 1. The Bertz CT molecular complexity index is 418. The molecule has 4 nitrogen and oxygen atoms in total. The molecule has 112 valence electrons. The Balaban J connectivity index is 2.20. The van der Waals surface area contributed by atoms with Crippen molar-refractivity contribution in [2.75, 3.05) is 33.9 Å². The number of benzene rings is 1. The predicted octanol–water partition coefficient (Wildman–Crippen LogP) is 1.65. The molecular weight excluding hydrogens is 252 g/mol. The quantitative estimate of drug-likeness (QED) is 0.889. The molecule has 4 heteroatoms. The molecule has 0 bridgehead atoms.